The fourth-order valence-corrected chi connectivity index (χ4v) is 0.596. The molecule has 2 heteroatoms. The van der Waals surface area contributed by atoms with E-state index < -0.39 is 0 Å². The lowest BCUT2D eigenvalue weighted by Gasteiger charge is -2.23. The molecule has 0 aromatic rings. The second-order valence-corrected chi connectivity index (χ2v) is 2.85. The molecule has 0 amide bonds. The van der Waals surface area contributed by atoms with Gasteiger partial charge in [0.2, 0.25) is 6.85 Å². The average Bonchev–Trinajstić information content (AvgIpc) is 1.64. The maximum Gasteiger partial charge on any atom is 0.216 e. The molecule has 0 radical (unpaired) electrons. The van der Waals surface area contributed by atoms with Crippen LogP contribution in [-0.4, -0.2) is 24.7 Å². The molecule has 0 unspecified atom stereocenters. The normalized spacial score (nSPS) is 10.9. The molecule has 0 rings (SSSR count). The Balaban J connectivity index is 3.46. The van der Waals surface area contributed by atoms with Crippen LogP contribution in [0.15, 0.2) is 0 Å². The molecule has 0 fully saturated rings. The molecular formula is C6H16BN. The minimum Gasteiger partial charge on any atom is -0.343 e. The van der Waals surface area contributed by atoms with Crippen molar-refractivity contribution in [2.75, 3.05) is 7.05 Å². The summed E-state index contributed by atoms with van der Waals surface area (Å²) in [5.41, 5.74) is 0. The van der Waals surface area contributed by atoms with Gasteiger partial charge in [-0.05, 0) is 13.1 Å². The molecule has 48 valence electrons. The van der Waals surface area contributed by atoms with Crippen molar-refractivity contribution in [3.05, 3.63) is 0 Å². The SMILES string of the molecule is CB(C)N(C)C(C)C. The van der Waals surface area contributed by atoms with E-state index in [2.05, 4.69) is 39.4 Å². The van der Waals surface area contributed by atoms with Crippen molar-refractivity contribution in [3.63, 3.8) is 0 Å². The fourth-order valence-electron chi connectivity index (χ4n) is 0.596. The largest absolute Gasteiger partial charge is 0.343 e. The Morgan fingerprint density at radius 3 is 1.62 bits per heavy atom. The van der Waals surface area contributed by atoms with E-state index in [1.165, 1.54) is 0 Å². The third-order valence-electron chi connectivity index (χ3n) is 1.63. The predicted molar refractivity (Wildman–Crippen MR) is 40.4 cm³/mol. The Hall–Kier alpha value is 0.0249. The molecule has 0 aromatic heterocycles. The van der Waals surface area contributed by atoms with Crippen LogP contribution in [0.4, 0.5) is 0 Å². The molecule has 0 saturated carbocycles. The molecule has 0 heterocycles. The first-order valence-electron chi connectivity index (χ1n) is 3.27. The van der Waals surface area contributed by atoms with Gasteiger partial charge in [-0.3, -0.25) is 0 Å². The first-order valence-corrected chi connectivity index (χ1v) is 3.27. The second kappa shape index (κ2) is 3.13. The minimum absolute atomic E-state index is 0.676. The second-order valence-electron chi connectivity index (χ2n) is 2.85. The standard InChI is InChI=1S/C6H16BN/c1-6(2)8(5)7(3)4/h6H,1-5H3. The van der Waals surface area contributed by atoms with Crippen LogP contribution in [0.25, 0.3) is 0 Å². The summed E-state index contributed by atoms with van der Waals surface area (Å²) >= 11 is 0. The van der Waals surface area contributed by atoms with Crippen molar-refractivity contribution in [3.8, 4) is 0 Å². The molecule has 0 N–H and O–H groups in total. The average molecular weight is 113 g/mol. The Labute approximate surface area is 53.2 Å². The lowest BCUT2D eigenvalue weighted by Crippen LogP contribution is -2.36. The maximum atomic E-state index is 2.33. The van der Waals surface area contributed by atoms with Crippen LogP contribution in [0.1, 0.15) is 13.8 Å². The summed E-state index contributed by atoms with van der Waals surface area (Å²) in [6.07, 6.45) is 0. The number of hydrogen-bond donors (Lipinski definition) is 0. The summed E-state index contributed by atoms with van der Waals surface area (Å²) in [5.74, 6) is 0. The van der Waals surface area contributed by atoms with Gasteiger partial charge in [0, 0.05) is 0 Å². The molecule has 0 saturated heterocycles. The van der Waals surface area contributed by atoms with Crippen LogP contribution >= 0.6 is 0 Å². The van der Waals surface area contributed by atoms with E-state index in [9.17, 15) is 0 Å². The van der Waals surface area contributed by atoms with E-state index in [0.29, 0.717) is 12.9 Å². The molecule has 0 aliphatic carbocycles. The van der Waals surface area contributed by atoms with Crippen LogP contribution in [0.5, 0.6) is 0 Å². The smallest absolute Gasteiger partial charge is 0.216 e. The highest BCUT2D eigenvalue weighted by Crippen LogP contribution is 1.95. The third kappa shape index (κ3) is 2.36. The van der Waals surface area contributed by atoms with Crippen molar-refractivity contribution in [2.45, 2.75) is 33.5 Å². The topological polar surface area (TPSA) is 3.24 Å². The highest BCUT2D eigenvalue weighted by Gasteiger charge is 2.08. The van der Waals surface area contributed by atoms with Crippen molar-refractivity contribution in [1.29, 1.82) is 0 Å². The van der Waals surface area contributed by atoms with Crippen LogP contribution < -0.4 is 0 Å². The highest BCUT2D eigenvalue weighted by molar-refractivity contribution is 6.52. The fraction of sp³-hybridized carbons (Fsp3) is 1.00. The minimum atomic E-state index is 0.676. The molecule has 1 nitrogen and oxygen atoms in total. The van der Waals surface area contributed by atoms with Crippen molar-refractivity contribution in [2.24, 2.45) is 0 Å². The van der Waals surface area contributed by atoms with Crippen molar-refractivity contribution in [1.82, 2.24) is 4.81 Å². The molecular weight excluding hydrogens is 96.9 g/mol. The van der Waals surface area contributed by atoms with Gasteiger partial charge in [-0.15, -0.1) is 0 Å². The van der Waals surface area contributed by atoms with Gasteiger partial charge in [-0.2, -0.15) is 0 Å². The summed E-state index contributed by atoms with van der Waals surface area (Å²) in [5, 5.41) is 0. The molecule has 0 spiro atoms. The Kier molecular flexibility index (Phi) is 3.14. The van der Waals surface area contributed by atoms with Crippen LogP contribution in [-0.2, 0) is 0 Å². The molecule has 0 aliphatic heterocycles. The molecule has 0 aliphatic rings. The lowest BCUT2D eigenvalue weighted by atomic mass is 9.66. The van der Waals surface area contributed by atoms with E-state index >= 15 is 0 Å². The summed E-state index contributed by atoms with van der Waals surface area (Å²) in [6, 6.07) is 0.676. The van der Waals surface area contributed by atoms with Crippen molar-refractivity contribution >= 4 is 6.85 Å². The lowest BCUT2D eigenvalue weighted by molar-refractivity contribution is 0.433. The first-order chi connectivity index (χ1) is 3.55. The maximum absolute atomic E-state index is 2.33. The number of hydrogen-bond acceptors (Lipinski definition) is 1. The zero-order chi connectivity index (χ0) is 6.73. The monoisotopic (exact) mass is 113 g/mol. The zero-order valence-electron chi connectivity index (χ0n) is 6.60. The summed E-state index contributed by atoms with van der Waals surface area (Å²) in [4.78, 5) is 2.33. The van der Waals surface area contributed by atoms with Gasteiger partial charge in [-0.1, -0.05) is 27.5 Å². The van der Waals surface area contributed by atoms with E-state index in [1.807, 2.05) is 0 Å². The summed E-state index contributed by atoms with van der Waals surface area (Å²) in [6.45, 7) is 9.51. The van der Waals surface area contributed by atoms with E-state index in [4.69, 9.17) is 0 Å². The van der Waals surface area contributed by atoms with E-state index in [1.54, 1.807) is 0 Å². The van der Waals surface area contributed by atoms with Crippen LogP contribution in [0.2, 0.25) is 13.6 Å². The number of rotatable bonds is 2. The molecule has 0 bridgehead atoms. The summed E-state index contributed by atoms with van der Waals surface area (Å²) < 4.78 is 0. The van der Waals surface area contributed by atoms with Gasteiger partial charge in [-0.25, -0.2) is 0 Å². The van der Waals surface area contributed by atoms with Gasteiger partial charge >= 0.3 is 0 Å². The zero-order valence-corrected chi connectivity index (χ0v) is 6.60. The van der Waals surface area contributed by atoms with Gasteiger partial charge in [0.25, 0.3) is 0 Å². The molecule has 0 atom stereocenters. The quantitative estimate of drug-likeness (QED) is 0.491. The molecule has 8 heavy (non-hydrogen) atoms. The Morgan fingerprint density at radius 2 is 1.62 bits per heavy atom. The molecule has 0 aromatic carbocycles. The Morgan fingerprint density at radius 1 is 1.25 bits per heavy atom. The highest BCUT2D eigenvalue weighted by atomic mass is 15.0. The van der Waals surface area contributed by atoms with Crippen molar-refractivity contribution < 1.29 is 0 Å². The van der Waals surface area contributed by atoms with Gasteiger partial charge in [0.05, 0.1) is 0 Å². The van der Waals surface area contributed by atoms with Crippen LogP contribution in [0.3, 0.4) is 0 Å². The number of nitrogens with zero attached hydrogens (tertiary/aromatic N) is 1. The third-order valence-corrected chi connectivity index (χ3v) is 1.63. The predicted octanol–water partition coefficient (Wildman–Crippen LogP) is 1.58. The first kappa shape index (κ1) is 8.02. The Bertz CT molecular complexity index is 53.5. The van der Waals surface area contributed by atoms with Gasteiger partial charge in [0.15, 0.2) is 0 Å². The van der Waals surface area contributed by atoms with E-state index in [-0.39, 0.29) is 0 Å². The van der Waals surface area contributed by atoms with Gasteiger partial charge < -0.3 is 4.81 Å². The summed E-state index contributed by atoms with van der Waals surface area (Å²) in [7, 11) is 2.15. The van der Waals surface area contributed by atoms with Gasteiger partial charge in [0.1, 0.15) is 0 Å². The van der Waals surface area contributed by atoms with Crippen LogP contribution in [0, 0.1) is 0 Å². The van der Waals surface area contributed by atoms with E-state index in [0.717, 1.165) is 0 Å².